The van der Waals surface area contributed by atoms with Crippen LogP contribution in [-0.2, 0) is 14.8 Å². The third kappa shape index (κ3) is 6.75. The van der Waals surface area contributed by atoms with Crippen molar-refractivity contribution in [3.63, 3.8) is 0 Å². The Kier molecular flexibility index (Phi) is 6.20. The molecule has 0 unspecified atom stereocenters. The lowest BCUT2D eigenvalue weighted by molar-refractivity contribution is 0.163. The zero-order valence-corrected chi connectivity index (χ0v) is 11.2. The number of hydrogen-bond donors (Lipinski definition) is 1. The summed E-state index contributed by atoms with van der Waals surface area (Å²) in [6.45, 7) is 6.25. The van der Waals surface area contributed by atoms with E-state index < -0.39 is 15.6 Å². The summed E-state index contributed by atoms with van der Waals surface area (Å²) < 4.78 is 30.5. The number of hydrogen-bond acceptors (Lipinski definition) is 3. The SMILES string of the molecule is CCOCCS(=O)(=O)NC(C)(C)CBr. The maximum absolute atomic E-state index is 11.5. The highest BCUT2D eigenvalue weighted by molar-refractivity contribution is 9.09. The van der Waals surface area contributed by atoms with Crippen LogP contribution in [0.3, 0.4) is 0 Å². The van der Waals surface area contributed by atoms with Gasteiger partial charge in [0.1, 0.15) is 0 Å². The van der Waals surface area contributed by atoms with Crippen LogP contribution in [0.5, 0.6) is 0 Å². The monoisotopic (exact) mass is 287 g/mol. The number of halogens is 1. The third-order valence-corrected chi connectivity index (χ3v) is 4.44. The van der Waals surface area contributed by atoms with Gasteiger partial charge in [0.25, 0.3) is 0 Å². The predicted molar refractivity (Wildman–Crippen MR) is 61.3 cm³/mol. The fourth-order valence-corrected chi connectivity index (χ4v) is 2.49. The molecule has 0 radical (unpaired) electrons. The van der Waals surface area contributed by atoms with E-state index in [9.17, 15) is 8.42 Å². The molecule has 0 saturated carbocycles. The van der Waals surface area contributed by atoms with Crippen LogP contribution in [0.2, 0.25) is 0 Å². The van der Waals surface area contributed by atoms with Crippen molar-refractivity contribution in [3.05, 3.63) is 0 Å². The first-order chi connectivity index (χ1) is 6.33. The van der Waals surface area contributed by atoms with Crippen molar-refractivity contribution in [2.75, 3.05) is 24.3 Å². The molecular weight excluding hydrogens is 270 g/mol. The van der Waals surface area contributed by atoms with Gasteiger partial charge in [0, 0.05) is 17.5 Å². The molecule has 0 aliphatic carbocycles. The third-order valence-electron chi connectivity index (χ3n) is 1.47. The first kappa shape index (κ1) is 14.3. The standard InChI is InChI=1S/C8H18BrNO3S/c1-4-13-5-6-14(11,12)10-8(2,3)7-9/h10H,4-7H2,1-3H3. The molecular formula is C8H18BrNO3S. The largest absolute Gasteiger partial charge is 0.381 e. The number of sulfonamides is 1. The van der Waals surface area contributed by atoms with E-state index in [1.165, 1.54) is 0 Å². The fourth-order valence-electron chi connectivity index (χ4n) is 0.812. The molecule has 0 rings (SSSR count). The van der Waals surface area contributed by atoms with Crippen molar-refractivity contribution < 1.29 is 13.2 Å². The normalized spacial score (nSPS) is 13.1. The molecule has 0 aliphatic rings. The second-order valence-electron chi connectivity index (χ2n) is 3.64. The van der Waals surface area contributed by atoms with Gasteiger partial charge in [0.15, 0.2) is 0 Å². The molecule has 1 N–H and O–H groups in total. The van der Waals surface area contributed by atoms with Gasteiger partial charge in [-0.05, 0) is 20.8 Å². The van der Waals surface area contributed by atoms with E-state index in [1.807, 2.05) is 20.8 Å². The van der Waals surface area contributed by atoms with Crippen molar-refractivity contribution in [2.45, 2.75) is 26.3 Å². The van der Waals surface area contributed by atoms with E-state index in [1.54, 1.807) is 0 Å². The summed E-state index contributed by atoms with van der Waals surface area (Å²) in [5.74, 6) is 0.0112. The molecule has 0 fully saturated rings. The molecule has 0 atom stereocenters. The van der Waals surface area contributed by atoms with Crippen molar-refractivity contribution in [2.24, 2.45) is 0 Å². The van der Waals surface area contributed by atoms with E-state index in [0.717, 1.165) is 0 Å². The summed E-state index contributed by atoms with van der Waals surface area (Å²) in [6, 6.07) is 0. The van der Waals surface area contributed by atoms with Gasteiger partial charge >= 0.3 is 0 Å². The first-order valence-electron chi connectivity index (χ1n) is 4.48. The quantitative estimate of drug-likeness (QED) is 0.564. The number of nitrogens with one attached hydrogen (secondary N) is 1. The smallest absolute Gasteiger partial charge is 0.214 e. The van der Waals surface area contributed by atoms with E-state index in [-0.39, 0.29) is 12.4 Å². The molecule has 0 aromatic rings. The molecule has 0 aliphatic heterocycles. The zero-order valence-electron chi connectivity index (χ0n) is 8.84. The highest BCUT2D eigenvalue weighted by Crippen LogP contribution is 2.07. The van der Waals surface area contributed by atoms with Crippen LogP contribution >= 0.6 is 15.9 Å². The first-order valence-corrected chi connectivity index (χ1v) is 7.26. The number of rotatable bonds is 7. The van der Waals surface area contributed by atoms with Gasteiger partial charge in [0.2, 0.25) is 10.0 Å². The minimum atomic E-state index is -3.23. The van der Waals surface area contributed by atoms with Gasteiger partial charge < -0.3 is 4.74 Å². The van der Waals surface area contributed by atoms with Gasteiger partial charge in [-0.2, -0.15) is 0 Å². The van der Waals surface area contributed by atoms with Crippen LogP contribution in [0, 0.1) is 0 Å². The summed E-state index contributed by atoms with van der Waals surface area (Å²) in [6.07, 6.45) is 0. The van der Waals surface area contributed by atoms with Crippen molar-refractivity contribution in [3.8, 4) is 0 Å². The predicted octanol–water partition coefficient (Wildman–Crippen LogP) is 1.12. The average Bonchev–Trinajstić information content (AvgIpc) is 2.03. The fraction of sp³-hybridized carbons (Fsp3) is 1.00. The Bertz CT molecular complexity index is 251. The minimum absolute atomic E-state index is 0.0112. The van der Waals surface area contributed by atoms with Crippen LogP contribution in [0.1, 0.15) is 20.8 Å². The maximum atomic E-state index is 11.5. The Balaban J connectivity index is 4.08. The van der Waals surface area contributed by atoms with Crippen LogP contribution < -0.4 is 4.72 Å². The lowest BCUT2D eigenvalue weighted by atomic mass is 10.1. The van der Waals surface area contributed by atoms with Crippen molar-refractivity contribution in [1.29, 1.82) is 0 Å². The topological polar surface area (TPSA) is 55.4 Å². The van der Waals surface area contributed by atoms with E-state index in [4.69, 9.17) is 4.74 Å². The maximum Gasteiger partial charge on any atom is 0.214 e. The Labute approximate surface area is 94.6 Å². The highest BCUT2D eigenvalue weighted by Gasteiger charge is 2.23. The van der Waals surface area contributed by atoms with Gasteiger partial charge in [0.05, 0.1) is 12.4 Å². The summed E-state index contributed by atoms with van der Waals surface area (Å²) in [7, 11) is -3.23. The second kappa shape index (κ2) is 6.05. The summed E-state index contributed by atoms with van der Waals surface area (Å²) in [5.41, 5.74) is -0.453. The Morgan fingerprint density at radius 1 is 1.43 bits per heavy atom. The van der Waals surface area contributed by atoms with Gasteiger partial charge in [-0.15, -0.1) is 0 Å². The van der Waals surface area contributed by atoms with Crippen molar-refractivity contribution >= 4 is 26.0 Å². The number of ether oxygens (including phenoxy) is 1. The average molecular weight is 288 g/mol. The highest BCUT2D eigenvalue weighted by atomic mass is 79.9. The molecule has 0 saturated heterocycles. The van der Waals surface area contributed by atoms with E-state index in [2.05, 4.69) is 20.7 Å². The Morgan fingerprint density at radius 3 is 2.43 bits per heavy atom. The molecule has 0 spiro atoms. The minimum Gasteiger partial charge on any atom is -0.381 e. The summed E-state index contributed by atoms with van der Waals surface area (Å²) in [5, 5.41) is 0.577. The lowest BCUT2D eigenvalue weighted by Crippen LogP contribution is -2.46. The van der Waals surface area contributed by atoms with E-state index >= 15 is 0 Å². The molecule has 0 aromatic carbocycles. The molecule has 4 nitrogen and oxygen atoms in total. The van der Waals surface area contributed by atoms with Crippen LogP contribution in [0.25, 0.3) is 0 Å². The zero-order chi connectivity index (χ0) is 11.2. The summed E-state index contributed by atoms with van der Waals surface area (Å²) >= 11 is 3.25. The molecule has 86 valence electrons. The molecule has 14 heavy (non-hydrogen) atoms. The Morgan fingerprint density at radius 2 is 2.00 bits per heavy atom. The Hall–Kier alpha value is 0.350. The van der Waals surface area contributed by atoms with Gasteiger partial charge in [-0.25, -0.2) is 13.1 Å². The van der Waals surface area contributed by atoms with Crippen LogP contribution in [0.15, 0.2) is 0 Å². The second-order valence-corrected chi connectivity index (χ2v) is 6.04. The van der Waals surface area contributed by atoms with E-state index in [0.29, 0.717) is 11.9 Å². The molecule has 0 bridgehead atoms. The molecule has 6 heteroatoms. The van der Waals surface area contributed by atoms with Crippen molar-refractivity contribution in [1.82, 2.24) is 4.72 Å². The molecule has 0 heterocycles. The molecule has 0 aromatic heterocycles. The summed E-state index contributed by atoms with van der Waals surface area (Å²) in [4.78, 5) is 0. The van der Waals surface area contributed by atoms with Gasteiger partial charge in [-0.3, -0.25) is 0 Å². The lowest BCUT2D eigenvalue weighted by Gasteiger charge is -2.23. The van der Waals surface area contributed by atoms with Crippen LogP contribution in [0.4, 0.5) is 0 Å². The molecule has 0 amide bonds. The van der Waals surface area contributed by atoms with Gasteiger partial charge in [-0.1, -0.05) is 15.9 Å². The number of alkyl halides is 1. The van der Waals surface area contributed by atoms with Crippen LogP contribution in [-0.4, -0.2) is 38.3 Å².